The van der Waals surface area contributed by atoms with Crippen molar-refractivity contribution in [1.82, 2.24) is 13.6 Å². The molecule has 2 atom stereocenters. The summed E-state index contributed by atoms with van der Waals surface area (Å²) in [6.07, 6.45) is 3.02. The molecule has 3 heterocycles. The van der Waals surface area contributed by atoms with Crippen LogP contribution in [0.5, 0.6) is 11.5 Å². The molecule has 0 N–H and O–H groups in total. The van der Waals surface area contributed by atoms with E-state index in [0.717, 1.165) is 47.8 Å². The summed E-state index contributed by atoms with van der Waals surface area (Å²) in [6, 6.07) is 14.1. The van der Waals surface area contributed by atoms with E-state index in [2.05, 4.69) is 14.8 Å². The summed E-state index contributed by atoms with van der Waals surface area (Å²) in [6.45, 7) is 5.15. The Hall–Kier alpha value is -3.46. The maximum atomic E-state index is 13.5. The quantitative estimate of drug-likeness (QED) is 0.490. The monoisotopic (exact) mass is 520 g/mol. The molecule has 0 fully saturated rings. The molecule has 2 aliphatic rings. The van der Waals surface area contributed by atoms with Crippen LogP contribution in [-0.4, -0.2) is 58.3 Å². The number of hydrogen-bond donors (Lipinski definition) is 0. The minimum absolute atomic E-state index is 0.0168. The fourth-order valence-electron chi connectivity index (χ4n) is 5.55. The van der Waals surface area contributed by atoms with Gasteiger partial charge in [0.1, 0.15) is 0 Å². The second-order valence-electron chi connectivity index (χ2n) is 9.65. The van der Waals surface area contributed by atoms with E-state index < -0.39 is 0 Å². The van der Waals surface area contributed by atoms with Gasteiger partial charge in [-0.1, -0.05) is 24.3 Å². The van der Waals surface area contributed by atoms with Crippen LogP contribution in [-0.2, 0) is 11.2 Å². The molecule has 0 aliphatic carbocycles. The van der Waals surface area contributed by atoms with Crippen LogP contribution in [0.4, 0.5) is 5.69 Å². The van der Waals surface area contributed by atoms with E-state index in [-0.39, 0.29) is 23.8 Å². The van der Waals surface area contributed by atoms with Crippen LogP contribution in [0.2, 0.25) is 0 Å². The van der Waals surface area contributed by atoms with Crippen LogP contribution in [0, 0.1) is 6.92 Å². The zero-order chi connectivity index (χ0) is 25.9. The van der Waals surface area contributed by atoms with Gasteiger partial charge in [0.05, 0.1) is 31.1 Å². The molecule has 5 rings (SSSR count). The number of anilines is 1. The maximum absolute atomic E-state index is 13.5. The summed E-state index contributed by atoms with van der Waals surface area (Å²) in [4.78, 5) is 30.2. The highest BCUT2D eigenvalue weighted by Gasteiger charge is 2.40. The number of rotatable bonds is 2. The number of amides is 2. The predicted molar refractivity (Wildman–Crippen MR) is 143 cm³/mol. The van der Waals surface area contributed by atoms with Crippen molar-refractivity contribution in [2.24, 2.45) is 0 Å². The standard InChI is InChI=1S/C28H32N4O4S/c1-18-27(30-37-29-18)28(34)31-13-6-7-15-36-26-17-20(10-11-25(26)35-3)16-24-22(12-14-31)21-8-4-5-9-23(21)32(24)19(2)33/h4-5,8-11,17,22,24H,6-7,12-16H2,1-3H3/t22-,24-/m1/s1. The predicted octanol–water partition coefficient (Wildman–Crippen LogP) is 4.62. The number of nitrogens with zero attached hydrogens (tertiary/aromatic N) is 4. The molecule has 0 radical (unpaired) electrons. The Morgan fingerprint density at radius 3 is 2.70 bits per heavy atom. The third kappa shape index (κ3) is 5.05. The number of carbonyl (C=O) groups is 2. The fourth-order valence-corrected chi connectivity index (χ4v) is 6.09. The van der Waals surface area contributed by atoms with Crippen molar-refractivity contribution in [2.45, 2.75) is 51.5 Å². The van der Waals surface area contributed by atoms with Crippen LogP contribution in [0.3, 0.4) is 0 Å². The summed E-state index contributed by atoms with van der Waals surface area (Å²) in [5.74, 6) is 1.41. The van der Waals surface area contributed by atoms with Crippen molar-refractivity contribution in [3.63, 3.8) is 0 Å². The van der Waals surface area contributed by atoms with Crippen molar-refractivity contribution in [2.75, 3.05) is 31.7 Å². The Bertz CT molecular complexity index is 1290. The lowest BCUT2D eigenvalue weighted by Crippen LogP contribution is -2.41. The van der Waals surface area contributed by atoms with E-state index >= 15 is 0 Å². The van der Waals surface area contributed by atoms with Crippen molar-refractivity contribution in [1.29, 1.82) is 0 Å². The van der Waals surface area contributed by atoms with Gasteiger partial charge >= 0.3 is 0 Å². The van der Waals surface area contributed by atoms with Crippen LogP contribution < -0.4 is 14.4 Å². The second-order valence-corrected chi connectivity index (χ2v) is 10.2. The van der Waals surface area contributed by atoms with Crippen molar-refractivity contribution >= 4 is 29.2 Å². The van der Waals surface area contributed by atoms with Gasteiger partial charge < -0.3 is 19.3 Å². The third-order valence-corrected chi connectivity index (χ3v) is 7.96. The molecule has 2 aliphatic heterocycles. The molecular weight excluding hydrogens is 488 g/mol. The minimum Gasteiger partial charge on any atom is -0.493 e. The minimum atomic E-state index is -0.0857. The van der Waals surface area contributed by atoms with Gasteiger partial charge in [0.15, 0.2) is 17.2 Å². The molecule has 3 aromatic rings. The summed E-state index contributed by atoms with van der Waals surface area (Å²) < 4.78 is 20.1. The molecule has 37 heavy (non-hydrogen) atoms. The van der Waals surface area contributed by atoms with E-state index in [1.54, 1.807) is 14.0 Å². The Kier molecular flexibility index (Phi) is 7.41. The van der Waals surface area contributed by atoms with Gasteiger partial charge in [0, 0.05) is 37.7 Å². The average Bonchev–Trinajstić information content (AvgIpc) is 3.45. The lowest BCUT2D eigenvalue weighted by Gasteiger charge is -2.30. The van der Waals surface area contributed by atoms with Crippen LogP contribution in [0.1, 0.15) is 59.4 Å². The van der Waals surface area contributed by atoms with Gasteiger partial charge in [-0.25, -0.2) is 0 Å². The van der Waals surface area contributed by atoms with Gasteiger partial charge in [-0.15, -0.1) is 0 Å². The first kappa shape index (κ1) is 25.2. The SMILES string of the molecule is COc1ccc2cc1OCCCCN(C(=O)c1nsnc1C)CC[C@@H]1c3ccccc3N(C(C)=O)[C@@H]1C2. The highest BCUT2D eigenvalue weighted by molar-refractivity contribution is 6.99. The number of aromatic nitrogens is 2. The fraction of sp³-hybridized carbons (Fsp3) is 0.429. The van der Waals surface area contributed by atoms with E-state index in [1.165, 1.54) is 0 Å². The maximum Gasteiger partial charge on any atom is 0.275 e. The Morgan fingerprint density at radius 1 is 1.11 bits per heavy atom. The lowest BCUT2D eigenvalue weighted by molar-refractivity contribution is -0.117. The zero-order valence-electron chi connectivity index (χ0n) is 21.5. The molecule has 2 aromatic carbocycles. The van der Waals surface area contributed by atoms with Crippen molar-refractivity contribution in [3.05, 3.63) is 65.0 Å². The summed E-state index contributed by atoms with van der Waals surface area (Å²) in [7, 11) is 1.64. The number of para-hydroxylation sites is 1. The van der Waals surface area contributed by atoms with Crippen molar-refractivity contribution < 1.29 is 19.1 Å². The van der Waals surface area contributed by atoms with Crippen LogP contribution in [0.15, 0.2) is 42.5 Å². The molecule has 0 saturated heterocycles. The van der Waals surface area contributed by atoms with Crippen LogP contribution >= 0.6 is 11.7 Å². The molecule has 2 bridgehead atoms. The first-order chi connectivity index (χ1) is 18.0. The van der Waals surface area contributed by atoms with E-state index in [1.807, 2.05) is 53.1 Å². The van der Waals surface area contributed by atoms with E-state index in [0.29, 0.717) is 49.0 Å². The number of ether oxygens (including phenoxy) is 2. The molecule has 9 heteroatoms. The Morgan fingerprint density at radius 2 is 1.95 bits per heavy atom. The highest BCUT2D eigenvalue weighted by Crippen LogP contribution is 2.44. The smallest absolute Gasteiger partial charge is 0.275 e. The zero-order valence-corrected chi connectivity index (χ0v) is 22.3. The molecule has 8 nitrogen and oxygen atoms in total. The largest absolute Gasteiger partial charge is 0.493 e. The Balaban J connectivity index is 1.52. The van der Waals surface area contributed by atoms with Gasteiger partial charge in [-0.2, -0.15) is 8.75 Å². The lowest BCUT2D eigenvalue weighted by atomic mass is 9.87. The van der Waals surface area contributed by atoms with E-state index in [4.69, 9.17) is 9.47 Å². The highest BCUT2D eigenvalue weighted by atomic mass is 32.1. The normalized spacial score (nSPS) is 19.9. The Labute approximate surface area is 221 Å². The first-order valence-electron chi connectivity index (χ1n) is 12.7. The van der Waals surface area contributed by atoms with Gasteiger partial charge in [0.25, 0.3) is 5.91 Å². The number of carbonyl (C=O) groups excluding carboxylic acids is 2. The number of aryl methyl sites for hydroxylation is 1. The molecule has 0 spiro atoms. The van der Waals surface area contributed by atoms with Gasteiger partial charge in [-0.3, -0.25) is 9.59 Å². The number of methoxy groups -OCH3 is 1. The molecule has 0 saturated carbocycles. The average molecular weight is 521 g/mol. The number of hydrogen-bond acceptors (Lipinski definition) is 7. The van der Waals surface area contributed by atoms with Gasteiger partial charge in [0.2, 0.25) is 5.91 Å². The van der Waals surface area contributed by atoms with Gasteiger partial charge in [-0.05, 0) is 61.9 Å². The summed E-state index contributed by atoms with van der Waals surface area (Å²) >= 11 is 1.07. The third-order valence-electron chi connectivity index (χ3n) is 7.34. The van der Waals surface area contributed by atoms with Crippen molar-refractivity contribution in [3.8, 4) is 11.5 Å². The molecule has 1 aromatic heterocycles. The first-order valence-corrected chi connectivity index (χ1v) is 13.5. The summed E-state index contributed by atoms with van der Waals surface area (Å²) in [5.41, 5.74) is 4.28. The van der Waals surface area contributed by atoms with Crippen LogP contribution in [0.25, 0.3) is 0 Å². The van der Waals surface area contributed by atoms with E-state index in [9.17, 15) is 9.59 Å². The topological polar surface area (TPSA) is 84.9 Å². The number of benzene rings is 2. The number of fused-ring (bicyclic) bond motifs is 5. The molecular formula is C28H32N4O4S. The summed E-state index contributed by atoms with van der Waals surface area (Å²) in [5, 5.41) is 0. The molecule has 0 unspecified atom stereocenters. The molecule has 2 amide bonds. The second kappa shape index (κ2) is 10.9. The molecule has 194 valence electrons.